The molecule has 3 rings (SSSR count). The number of halogens is 2. The third-order valence-electron chi connectivity index (χ3n) is 3.25. The highest BCUT2D eigenvalue weighted by Crippen LogP contribution is 2.30. The van der Waals surface area contributed by atoms with E-state index in [2.05, 4.69) is 4.98 Å². The van der Waals surface area contributed by atoms with Crippen molar-refractivity contribution in [2.75, 3.05) is 5.73 Å². The lowest BCUT2D eigenvalue weighted by Crippen LogP contribution is -1.95. The van der Waals surface area contributed by atoms with Gasteiger partial charge < -0.3 is 5.73 Å². The van der Waals surface area contributed by atoms with Crippen LogP contribution in [0.4, 0.5) is 5.82 Å². The van der Waals surface area contributed by atoms with E-state index in [1.165, 1.54) is 0 Å². The van der Waals surface area contributed by atoms with E-state index in [1.54, 1.807) is 6.20 Å². The van der Waals surface area contributed by atoms with Gasteiger partial charge >= 0.3 is 0 Å². The van der Waals surface area contributed by atoms with Gasteiger partial charge in [-0.1, -0.05) is 47.5 Å². The van der Waals surface area contributed by atoms with Crippen LogP contribution < -0.4 is 5.73 Å². The summed E-state index contributed by atoms with van der Waals surface area (Å²) in [5, 5.41) is 1.40. The molecule has 0 radical (unpaired) electrons. The van der Waals surface area contributed by atoms with Crippen molar-refractivity contribution in [3.05, 3.63) is 70.8 Å². The Bertz CT molecular complexity index is 766. The van der Waals surface area contributed by atoms with E-state index in [4.69, 9.17) is 28.9 Å². The summed E-state index contributed by atoms with van der Waals surface area (Å²) in [6.07, 6.45) is 1.76. The summed E-state index contributed by atoms with van der Waals surface area (Å²) in [7, 11) is 0. The zero-order valence-electron chi connectivity index (χ0n) is 11.1. The molecule has 2 N–H and O–H groups in total. The van der Waals surface area contributed by atoms with Gasteiger partial charge in [-0.3, -0.25) is 0 Å². The summed E-state index contributed by atoms with van der Waals surface area (Å²) < 4.78 is 0. The predicted octanol–water partition coefficient (Wildman–Crippen LogP) is 5.30. The highest BCUT2D eigenvalue weighted by atomic mass is 35.5. The molecule has 0 aliphatic heterocycles. The fourth-order valence-electron chi connectivity index (χ4n) is 2.14. The van der Waals surface area contributed by atoms with Crippen molar-refractivity contribution in [3.63, 3.8) is 0 Å². The molecule has 0 fully saturated rings. The number of anilines is 1. The number of nitrogen functional groups attached to an aromatic ring is 1. The highest BCUT2D eigenvalue weighted by molar-refractivity contribution is 6.30. The fraction of sp³-hybridized carbons (Fsp3) is 0. The van der Waals surface area contributed by atoms with Crippen LogP contribution in [0.15, 0.2) is 60.8 Å². The third kappa shape index (κ3) is 3.02. The summed E-state index contributed by atoms with van der Waals surface area (Å²) >= 11 is 11.8. The smallest absolute Gasteiger partial charge is 0.131 e. The van der Waals surface area contributed by atoms with Crippen molar-refractivity contribution in [2.24, 2.45) is 0 Å². The molecule has 0 atom stereocenters. The van der Waals surface area contributed by atoms with Crippen molar-refractivity contribution >= 4 is 29.0 Å². The molecule has 0 saturated carbocycles. The van der Waals surface area contributed by atoms with E-state index in [0.717, 1.165) is 22.3 Å². The third-order valence-corrected chi connectivity index (χ3v) is 3.76. The Morgan fingerprint density at radius 3 is 1.81 bits per heavy atom. The molecule has 21 heavy (non-hydrogen) atoms. The second kappa shape index (κ2) is 5.76. The van der Waals surface area contributed by atoms with Crippen LogP contribution in [0.25, 0.3) is 22.3 Å². The number of hydrogen-bond acceptors (Lipinski definition) is 2. The van der Waals surface area contributed by atoms with Gasteiger partial charge in [0.15, 0.2) is 0 Å². The average Bonchev–Trinajstić information content (AvgIpc) is 2.50. The van der Waals surface area contributed by atoms with Gasteiger partial charge in [0, 0.05) is 27.4 Å². The van der Waals surface area contributed by atoms with Crippen LogP contribution >= 0.6 is 23.2 Å². The number of nitrogens with zero attached hydrogens (tertiary/aromatic N) is 1. The molecule has 1 aromatic heterocycles. The monoisotopic (exact) mass is 314 g/mol. The minimum Gasteiger partial charge on any atom is -0.383 e. The maximum atomic E-state index is 6.00. The van der Waals surface area contributed by atoms with Crippen LogP contribution in [0.3, 0.4) is 0 Å². The molecule has 0 unspecified atom stereocenters. The average molecular weight is 315 g/mol. The molecule has 3 aromatic rings. The van der Waals surface area contributed by atoms with Gasteiger partial charge in [0.05, 0.1) is 0 Å². The molecule has 1 heterocycles. The predicted molar refractivity (Wildman–Crippen MR) is 89.5 cm³/mol. The lowest BCUT2D eigenvalue weighted by atomic mass is 10.0. The fourth-order valence-corrected chi connectivity index (χ4v) is 2.39. The van der Waals surface area contributed by atoms with Crippen LogP contribution in [-0.4, -0.2) is 4.98 Å². The van der Waals surface area contributed by atoms with Gasteiger partial charge in [-0.2, -0.15) is 0 Å². The van der Waals surface area contributed by atoms with E-state index < -0.39 is 0 Å². The Labute approximate surface area is 133 Å². The molecule has 4 heteroatoms. The SMILES string of the molecule is Nc1ncc(-c2ccc(Cl)cc2)cc1-c1ccc(Cl)cc1. The Morgan fingerprint density at radius 2 is 1.24 bits per heavy atom. The molecule has 2 aromatic carbocycles. The summed E-state index contributed by atoms with van der Waals surface area (Å²) in [5.41, 5.74) is 9.91. The Balaban J connectivity index is 2.07. The second-order valence-electron chi connectivity index (χ2n) is 4.67. The molecule has 0 bridgehead atoms. The van der Waals surface area contributed by atoms with Gasteiger partial charge in [-0.25, -0.2) is 4.98 Å². The largest absolute Gasteiger partial charge is 0.383 e. The second-order valence-corrected chi connectivity index (χ2v) is 5.54. The minimum atomic E-state index is 0.495. The zero-order valence-corrected chi connectivity index (χ0v) is 12.6. The van der Waals surface area contributed by atoms with Gasteiger partial charge in [-0.05, 0) is 41.5 Å². The lowest BCUT2D eigenvalue weighted by Gasteiger charge is -2.09. The first kappa shape index (κ1) is 13.9. The maximum absolute atomic E-state index is 6.00. The molecular formula is C17H12Cl2N2. The van der Waals surface area contributed by atoms with Crippen LogP contribution in [0.1, 0.15) is 0 Å². The molecule has 0 aliphatic rings. The first-order valence-electron chi connectivity index (χ1n) is 6.41. The first-order chi connectivity index (χ1) is 10.1. The lowest BCUT2D eigenvalue weighted by molar-refractivity contribution is 1.33. The number of pyridine rings is 1. The molecule has 0 saturated heterocycles. The molecule has 0 amide bonds. The van der Waals surface area contributed by atoms with Gasteiger partial charge in [0.25, 0.3) is 0 Å². The Hall–Kier alpha value is -2.03. The standard InChI is InChI=1S/C17H12Cl2N2/c18-14-5-1-11(2-6-14)13-9-16(17(20)21-10-13)12-3-7-15(19)8-4-12/h1-10H,(H2,20,21). The van der Waals surface area contributed by atoms with Gasteiger partial charge in [0.1, 0.15) is 5.82 Å². The van der Waals surface area contributed by atoms with Crippen molar-refractivity contribution in [1.82, 2.24) is 4.98 Å². The number of rotatable bonds is 2. The van der Waals surface area contributed by atoms with Gasteiger partial charge in [-0.15, -0.1) is 0 Å². The normalized spacial score (nSPS) is 10.6. The van der Waals surface area contributed by atoms with Crippen LogP contribution in [0, 0.1) is 0 Å². The molecule has 0 aliphatic carbocycles. The van der Waals surface area contributed by atoms with E-state index in [0.29, 0.717) is 15.9 Å². The molecule has 2 nitrogen and oxygen atoms in total. The van der Waals surface area contributed by atoms with Crippen molar-refractivity contribution in [1.29, 1.82) is 0 Å². The molecular weight excluding hydrogens is 303 g/mol. The van der Waals surface area contributed by atoms with Crippen LogP contribution in [-0.2, 0) is 0 Å². The van der Waals surface area contributed by atoms with Crippen molar-refractivity contribution in [3.8, 4) is 22.3 Å². The minimum absolute atomic E-state index is 0.495. The number of aromatic nitrogens is 1. The zero-order chi connectivity index (χ0) is 14.8. The number of benzene rings is 2. The van der Waals surface area contributed by atoms with Crippen LogP contribution in [0.5, 0.6) is 0 Å². The van der Waals surface area contributed by atoms with Crippen molar-refractivity contribution in [2.45, 2.75) is 0 Å². The molecule has 0 spiro atoms. The van der Waals surface area contributed by atoms with Crippen molar-refractivity contribution < 1.29 is 0 Å². The van der Waals surface area contributed by atoms with E-state index >= 15 is 0 Å². The van der Waals surface area contributed by atoms with Gasteiger partial charge in [0.2, 0.25) is 0 Å². The number of nitrogens with two attached hydrogens (primary N) is 1. The number of hydrogen-bond donors (Lipinski definition) is 1. The molecule has 104 valence electrons. The van der Waals surface area contributed by atoms with E-state index in [1.807, 2.05) is 54.6 Å². The topological polar surface area (TPSA) is 38.9 Å². The summed E-state index contributed by atoms with van der Waals surface area (Å²) in [6, 6.07) is 17.2. The van der Waals surface area contributed by atoms with E-state index in [9.17, 15) is 0 Å². The Kier molecular flexibility index (Phi) is 3.82. The quantitative estimate of drug-likeness (QED) is 0.696. The Morgan fingerprint density at radius 1 is 0.714 bits per heavy atom. The summed E-state index contributed by atoms with van der Waals surface area (Å²) in [5.74, 6) is 0.495. The summed E-state index contributed by atoms with van der Waals surface area (Å²) in [4.78, 5) is 4.29. The summed E-state index contributed by atoms with van der Waals surface area (Å²) in [6.45, 7) is 0. The highest BCUT2D eigenvalue weighted by Gasteiger charge is 2.07. The maximum Gasteiger partial charge on any atom is 0.131 e. The van der Waals surface area contributed by atoms with Crippen LogP contribution in [0.2, 0.25) is 10.0 Å². The first-order valence-corrected chi connectivity index (χ1v) is 7.16. The van der Waals surface area contributed by atoms with E-state index in [-0.39, 0.29) is 0 Å².